The third kappa shape index (κ3) is 3.22. The second kappa shape index (κ2) is 5.19. The van der Waals surface area contributed by atoms with Crippen LogP contribution in [0.4, 0.5) is 5.69 Å². The molecule has 0 saturated heterocycles. The number of hydrogen-bond acceptors (Lipinski definition) is 2. The van der Waals surface area contributed by atoms with Gasteiger partial charge in [-0.1, -0.05) is 28.9 Å². The van der Waals surface area contributed by atoms with Crippen molar-refractivity contribution < 1.29 is 0 Å². The highest BCUT2D eigenvalue weighted by Gasteiger charge is 2.23. The molecule has 0 amide bonds. The van der Waals surface area contributed by atoms with E-state index in [-0.39, 0.29) is 0 Å². The highest BCUT2D eigenvalue weighted by atomic mass is 79.9. The molecule has 0 aromatic heterocycles. The van der Waals surface area contributed by atoms with Crippen LogP contribution in [0, 0.1) is 5.92 Å². The molecule has 1 fully saturated rings. The minimum Gasteiger partial charge on any atom is -0.399 e. The molecule has 1 saturated carbocycles. The van der Waals surface area contributed by atoms with E-state index in [9.17, 15) is 0 Å². The predicted octanol–water partition coefficient (Wildman–Crippen LogP) is 3.26. The van der Waals surface area contributed by atoms with E-state index in [0.717, 1.165) is 29.2 Å². The van der Waals surface area contributed by atoms with Gasteiger partial charge in [0, 0.05) is 23.2 Å². The van der Waals surface area contributed by atoms with Crippen LogP contribution in [0.3, 0.4) is 0 Å². The molecule has 0 aliphatic heterocycles. The molecule has 0 unspecified atom stereocenters. The molecule has 16 heavy (non-hydrogen) atoms. The first kappa shape index (κ1) is 11.9. The van der Waals surface area contributed by atoms with Crippen molar-refractivity contribution in [1.82, 2.24) is 4.90 Å². The first-order chi connectivity index (χ1) is 7.69. The Kier molecular flexibility index (Phi) is 3.87. The maximum absolute atomic E-state index is 5.74. The Bertz CT molecular complexity index is 361. The van der Waals surface area contributed by atoms with Gasteiger partial charge in [-0.25, -0.2) is 0 Å². The van der Waals surface area contributed by atoms with Crippen molar-refractivity contribution in [3.63, 3.8) is 0 Å². The lowest BCUT2D eigenvalue weighted by atomic mass is 10.2. The minimum absolute atomic E-state index is 0.820. The summed E-state index contributed by atoms with van der Waals surface area (Å²) in [4.78, 5) is 2.51. The Morgan fingerprint density at radius 3 is 2.75 bits per heavy atom. The van der Waals surface area contributed by atoms with Crippen LogP contribution in [0.2, 0.25) is 0 Å². The molecule has 0 spiro atoms. The number of nitrogens with zero attached hydrogens (tertiary/aromatic N) is 1. The Morgan fingerprint density at radius 1 is 1.44 bits per heavy atom. The minimum atomic E-state index is 0.820. The number of hydrogen-bond donors (Lipinski definition) is 1. The van der Waals surface area contributed by atoms with Crippen molar-refractivity contribution >= 4 is 21.6 Å². The molecule has 0 atom stereocenters. The zero-order valence-electron chi connectivity index (χ0n) is 9.75. The van der Waals surface area contributed by atoms with E-state index in [1.54, 1.807) is 0 Å². The molecule has 1 aliphatic rings. The van der Waals surface area contributed by atoms with Crippen molar-refractivity contribution in [1.29, 1.82) is 0 Å². The highest BCUT2D eigenvalue weighted by molar-refractivity contribution is 9.10. The van der Waals surface area contributed by atoms with E-state index in [4.69, 9.17) is 5.73 Å². The molecule has 1 aliphatic carbocycles. The maximum atomic E-state index is 5.74. The van der Waals surface area contributed by atoms with Crippen LogP contribution in [-0.4, -0.2) is 18.0 Å². The van der Waals surface area contributed by atoms with Gasteiger partial charge in [0.05, 0.1) is 0 Å². The molecule has 1 aromatic rings. The molecule has 3 heteroatoms. The average molecular weight is 283 g/mol. The van der Waals surface area contributed by atoms with Crippen LogP contribution >= 0.6 is 15.9 Å². The fraction of sp³-hybridized carbons (Fsp3) is 0.538. The lowest BCUT2D eigenvalue weighted by Crippen LogP contribution is -2.25. The van der Waals surface area contributed by atoms with Crippen molar-refractivity contribution in [2.24, 2.45) is 5.92 Å². The molecular weight excluding hydrogens is 264 g/mol. The number of nitrogens with two attached hydrogens (primary N) is 1. The zero-order valence-corrected chi connectivity index (χ0v) is 11.3. The summed E-state index contributed by atoms with van der Waals surface area (Å²) in [6.45, 7) is 5.61. The summed E-state index contributed by atoms with van der Waals surface area (Å²) in [6.07, 6.45) is 2.83. The van der Waals surface area contributed by atoms with E-state index in [0.29, 0.717) is 0 Å². The van der Waals surface area contributed by atoms with Crippen LogP contribution < -0.4 is 5.73 Å². The second-order valence-corrected chi connectivity index (χ2v) is 5.48. The van der Waals surface area contributed by atoms with Gasteiger partial charge in [-0.05, 0) is 43.0 Å². The van der Waals surface area contributed by atoms with Crippen LogP contribution in [-0.2, 0) is 6.54 Å². The van der Waals surface area contributed by atoms with Gasteiger partial charge in [0.2, 0.25) is 0 Å². The van der Waals surface area contributed by atoms with Crippen molar-refractivity contribution in [3.05, 3.63) is 28.2 Å². The molecular formula is C13H19BrN2. The summed E-state index contributed by atoms with van der Waals surface area (Å²) in [7, 11) is 0. The Morgan fingerprint density at radius 2 is 2.19 bits per heavy atom. The number of rotatable bonds is 5. The lowest BCUT2D eigenvalue weighted by molar-refractivity contribution is 0.268. The Balaban J connectivity index is 1.99. The monoisotopic (exact) mass is 282 g/mol. The highest BCUT2D eigenvalue weighted by Crippen LogP contribution is 2.30. The zero-order chi connectivity index (χ0) is 11.5. The Hall–Kier alpha value is -0.540. The van der Waals surface area contributed by atoms with Gasteiger partial charge in [-0.15, -0.1) is 0 Å². The molecule has 0 heterocycles. The van der Waals surface area contributed by atoms with E-state index in [2.05, 4.69) is 33.8 Å². The van der Waals surface area contributed by atoms with Crippen molar-refractivity contribution in [2.75, 3.05) is 18.8 Å². The van der Waals surface area contributed by atoms with E-state index in [1.165, 1.54) is 24.9 Å². The van der Waals surface area contributed by atoms with Crippen molar-refractivity contribution in [3.8, 4) is 0 Å². The van der Waals surface area contributed by atoms with Gasteiger partial charge in [-0.3, -0.25) is 4.90 Å². The largest absolute Gasteiger partial charge is 0.399 e. The summed E-state index contributed by atoms with van der Waals surface area (Å²) < 4.78 is 1.13. The predicted molar refractivity (Wildman–Crippen MR) is 72.2 cm³/mol. The first-order valence-corrected chi connectivity index (χ1v) is 6.74. The Labute approximate surface area is 106 Å². The molecule has 2 rings (SSSR count). The maximum Gasteiger partial charge on any atom is 0.0325 e. The van der Waals surface area contributed by atoms with Crippen LogP contribution in [0.1, 0.15) is 25.3 Å². The van der Waals surface area contributed by atoms with Crippen LogP contribution in [0.5, 0.6) is 0 Å². The van der Waals surface area contributed by atoms with Gasteiger partial charge < -0.3 is 5.73 Å². The van der Waals surface area contributed by atoms with Gasteiger partial charge in [0.1, 0.15) is 0 Å². The van der Waals surface area contributed by atoms with Gasteiger partial charge in [-0.2, -0.15) is 0 Å². The smallest absolute Gasteiger partial charge is 0.0325 e. The standard InChI is InChI=1S/C13H19BrN2/c1-2-16(8-10-3-4-10)9-11-5-6-12(15)7-13(11)14/h5-7,10H,2-4,8-9,15H2,1H3. The molecule has 88 valence electrons. The summed E-state index contributed by atoms with van der Waals surface area (Å²) in [5.74, 6) is 0.951. The quantitative estimate of drug-likeness (QED) is 0.840. The van der Waals surface area contributed by atoms with Crippen LogP contribution in [0.15, 0.2) is 22.7 Å². The van der Waals surface area contributed by atoms with E-state index >= 15 is 0 Å². The fourth-order valence-electron chi connectivity index (χ4n) is 1.90. The third-order valence-corrected chi connectivity index (χ3v) is 3.87. The van der Waals surface area contributed by atoms with Crippen molar-refractivity contribution in [2.45, 2.75) is 26.3 Å². The van der Waals surface area contributed by atoms with Gasteiger partial charge in [0.25, 0.3) is 0 Å². The summed E-state index contributed by atoms with van der Waals surface area (Å²) in [5, 5.41) is 0. The van der Waals surface area contributed by atoms with Crippen LogP contribution in [0.25, 0.3) is 0 Å². The topological polar surface area (TPSA) is 29.3 Å². The molecule has 2 nitrogen and oxygen atoms in total. The lowest BCUT2D eigenvalue weighted by Gasteiger charge is -2.21. The summed E-state index contributed by atoms with van der Waals surface area (Å²) in [6, 6.07) is 6.08. The molecule has 0 radical (unpaired) electrons. The third-order valence-electron chi connectivity index (χ3n) is 3.13. The van der Waals surface area contributed by atoms with E-state index in [1.807, 2.05) is 12.1 Å². The number of nitrogen functional groups attached to an aromatic ring is 1. The second-order valence-electron chi connectivity index (χ2n) is 4.62. The normalized spacial score (nSPS) is 15.7. The molecule has 1 aromatic carbocycles. The number of anilines is 1. The fourth-order valence-corrected chi connectivity index (χ4v) is 2.43. The molecule has 2 N–H and O–H groups in total. The first-order valence-electron chi connectivity index (χ1n) is 5.95. The SMILES string of the molecule is CCN(Cc1ccc(N)cc1Br)CC1CC1. The summed E-state index contributed by atoms with van der Waals surface area (Å²) in [5.41, 5.74) is 7.89. The number of benzene rings is 1. The van der Waals surface area contributed by atoms with Gasteiger partial charge >= 0.3 is 0 Å². The average Bonchev–Trinajstić information content (AvgIpc) is 3.04. The number of halogens is 1. The van der Waals surface area contributed by atoms with E-state index < -0.39 is 0 Å². The van der Waals surface area contributed by atoms with Gasteiger partial charge in [0.15, 0.2) is 0 Å². The summed E-state index contributed by atoms with van der Waals surface area (Å²) >= 11 is 3.58. The molecule has 0 bridgehead atoms.